The second kappa shape index (κ2) is 7.43. The summed E-state index contributed by atoms with van der Waals surface area (Å²) < 4.78 is 6.22. The first-order valence-corrected chi connectivity index (χ1v) is 8.84. The topological polar surface area (TPSA) is 45.9 Å². The van der Waals surface area contributed by atoms with E-state index in [-0.39, 0.29) is 0 Å². The van der Waals surface area contributed by atoms with Crippen molar-refractivity contribution < 1.29 is 4.74 Å². The lowest BCUT2D eigenvalue weighted by Gasteiger charge is -2.01. The summed E-state index contributed by atoms with van der Waals surface area (Å²) in [7, 11) is 1.62. The third-order valence-electron chi connectivity index (χ3n) is 3.38. The van der Waals surface area contributed by atoms with E-state index in [2.05, 4.69) is 27.0 Å². The Morgan fingerprint density at radius 2 is 2.08 bits per heavy atom. The van der Waals surface area contributed by atoms with Gasteiger partial charge in [-0.25, -0.2) is 4.98 Å². The van der Waals surface area contributed by atoms with Crippen molar-refractivity contribution in [2.24, 2.45) is 0 Å². The molecule has 1 aromatic heterocycles. The Morgan fingerprint density at radius 3 is 2.83 bits per heavy atom. The molecule has 0 bridgehead atoms. The van der Waals surface area contributed by atoms with E-state index in [1.54, 1.807) is 7.11 Å². The van der Waals surface area contributed by atoms with Crippen molar-refractivity contribution in [2.45, 2.75) is 0 Å². The number of hydrogen-bond donors (Lipinski definition) is 0. The summed E-state index contributed by atoms with van der Waals surface area (Å²) in [6.45, 7) is 0. The van der Waals surface area contributed by atoms with Gasteiger partial charge in [0.1, 0.15) is 16.8 Å². The maximum Gasteiger partial charge on any atom is 0.134 e. The van der Waals surface area contributed by atoms with E-state index < -0.39 is 0 Å². The summed E-state index contributed by atoms with van der Waals surface area (Å²) >= 11 is 4.93. The van der Waals surface area contributed by atoms with Gasteiger partial charge in [0, 0.05) is 15.4 Å². The summed E-state index contributed by atoms with van der Waals surface area (Å²) in [5.41, 5.74) is 3.33. The van der Waals surface area contributed by atoms with Crippen LogP contribution in [0.15, 0.2) is 58.4 Å². The van der Waals surface area contributed by atoms with Gasteiger partial charge >= 0.3 is 0 Å². The Balaban J connectivity index is 1.95. The molecule has 0 aliphatic carbocycles. The average Bonchev–Trinajstić information content (AvgIpc) is 3.10. The molecule has 3 aromatic rings. The lowest BCUT2D eigenvalue weighted by molar-refractivity contribution is 0.414. The lowest BCUT2D eigenvalue weighted by atomic mass is 10.1. The third-order valence-corrected chi connectivity index (χ3v) is 4.75. The largest absolute Gasteiger partial charge is 0.497 e. The minimum Gasteiger partial charge on any atom is -0.497 e. The molecule has 0 N–H and O–H groups in total. The van der Waals surface area contributed by atoms with Gasteiger partial charge < -0.3 is 4.74 Å². The van der Waals surface area contributed by atoms with Gasteiger partial charge in [0.15, 0.2) is 0 Å². The molecule has 0 amide bonds. The molecule has 0 saturated carbocycles. The van der Waals surface area contributed by atoms with Crippen LogP contribution in [0.2, 0.25) is 0 Å². The first kappa shape index (κ1) is 16.4. The highest BCUT2D eigenvalue weighted by Gasteiger charge is 2.09. The second-order valence-electron chi connectivity index (χ2n) is 4.99. The van der Waals surface area contributed by atoms with Crippen molar-refractivity contribution in [2.75, 3.05) is 7.11 Å². The molecule has 3 nitrogen and oxygen atoms in total. The van der Waals surface area contributed by atoms with Crippen LogP contribution in [-0.2, 0) is 0 Å². The summed E-state index contributed by atoms with van der Waals surface area (Å²) in [6.07, 6.45) is 1.83. The maximum atomic E-state index is 9.50. The van der Waals surface area contributed by atoms with E-state index in [0.29, 0.717) is 10.6 Å². The molecule has 0 unspecified atom stereocenters. The van der Waals surface area contributed by atoms with E-state index >= 15 is 0 Å². The number of ether oxygens (including phenoxy) is 1. The molecule has 0 atom stereocenters. The highest BCUT2D eigenvalue weighted by Crippen LogP contribution is 2.29. The molecule has 118 valence electrons. The Hall–Kier alpha value is -2.42. The molecular formula is C19H13BrN2OS. The fraction of sp³-hybridized carbons (Fsp3) is 0.0526. The Morgan fingerprint density at radius 1 is 1.25 bits per heavy atom. The molecule has 0 saturated heterocycles. The Labute approximate surface area is 153 Å². The highest BCUT2D eigenvalue weighted by atomic mass is 79.9. The van der Waals surface area contributed by atoms with E-state index in [1.165, 1.54) is 11.3 Å². The zero-order valence-corrected chi connectivity index (χ0v) is 15.3. The van der Waals surface area contributed by atoms with Crippen LogP contribution in [0.3, 0.4) is 0 Å². The van der Waals surface area contributed by atoms with Crippen molar-refractivity contribution in [1.29, 1.82) is 5.26 Å². The fourth-order valence-corrected chi connectivity index (χ4v) is 3.41. The van der Waals surface area contributed by atoms with E-state index in [4.69, 9.17) is 4.74 Å². The molecule has 0 aliphatic rings. The van der Waals surface area contributed by atoms with Gasteiger partial charge in [-0.15, -0.1) is 11.3 Å². The maximum absolute atomic E-state index is 9.50. The van der Waals surface area contributed by atoms with Crippen LogP contribution in [0, 0.1) is 11.3 Å². The first-order valence-electron chi connectivity index (χ1n) is 7.17. The van der Waals surface area contributed by atoms with Gasteiger partial charge in [-0.3, -0.25) is 0 Å². The quantitative estimate of drug-likeness (QED) is 0.535. The van der Waals surface area contributed by atoms with Crippen LogP contribution in [0.5, 0.6) is 5.75 Å². The zero-order chi connectivity index (χ0) is 16.9. The Bertz CT molecular complexity index is 940. The van der Waals surface area contributed by atoms with Crippen LogP contribution in [-0.4, -0.2) is 12.1 Å². The molecule has 0 radical (unpaired) electrons. The molecule has 2 aromatic carbocycles. The summed E-state index contributed by atoms with van der Waals surface area (Å²) in [4.78, 5) is 4.61. The molecule has 0 aliphatic heterocycles. The minimum atomic E-state index is 0.537. The number of nitrogens with zero attached hydrogens (tertiary/aromatic N) is 2. The minimum absolute atomic E-state index is 0.537. The van der Waals surface area contributed by atoms with Crippen LogP contribution in [0.1, 0.15) is 10.6 Å². The number of rotatable bonds is 4. The summed E-state index contributed by atoms with van der Waals surface area (Å²) in [5, 5.41) is 12.2. The first-order chi connectivity index (χ1) is 11.7. The number of halogens is 1. The predicted molar refractivity (Wildman–Crippen MR) is 102 cm³/mol. The van der Waals surface area contributed by atoms with E-state index in [0.717, 1.165) is 27.0 Å². The number of aromatic nitrogens is 1. The van der Waals surface area contributed by atoms with Gasteiger partial charge in [0.2, 0.25) is 0 Å². The van der Waals surface area contributed by atoms with Crippen molar-refractivity contribution in [3.63, 3.8) is 0 Å². The molecule has 5 heteroatoms. The molecule has 3 rings (SSSR count). The standard InChI is InChI=1S/C19H13BrN2OS/c1-23-17-7-2-4-13(9-17)8-15(11-21)19-22-18(12-24-19)14-5-3-6-16(20)10-14/h2-10,12H,1H3. The number of methoxy groups -OCH3 is 1. The number of allylic oxidation sites excluding steroid dienone is 1. The van der Waals surface area contributed by atoms with Crippen molar-refractivity contribution in [1.82, 2.24) is 4.98 Å². The van der Waals surface area contributed by atoms with Crippen molar-refractivity contribution in [3.8, 4) is 23.1 Å². The third kappa shape index (κ3) is 3.73. The fourth-order valence-electron chi connectivity index (χ4n) is 2.22. The Kier molecular flexibility index (Phi) is 5.09. The predicted octanol–water partition coefficient (Wildman–Crippen LogP) is 5.65. The van der Waals surface area contributed by atoms with Crippen LogP contribution in [0.25, 0.3) is 22.9 Å². The molecule has 1 heterocycles. The molecular weight excluding hydrogens is 384 g/mol. The van der Waals surface area contributed by atoms with Gasteiger partial charge in [0.05, 0.1) is 18.4 Å². The molecule has 24 heavy (non-hydrogen) atoms. The SMILES string of the molecule is COc1cccc(C=C(C#N)c2nc(-c3cccc(Br)c3)cs2)c1. The summed E-state index contributed by atoms with van der Waals surface area (Å²) in [6, 6.07) is 17.8. The number of hydrogen-bond acceptors (Lipinski definition) is 4. The van der Waals surface area contributed by atoms with Gasteiger partial charge in [-0.1, -0.05) is 40.2 Å². The zero-order valence-electron chi connectivity index (χ0n) is 12.9. The number of thiazole rings is 1. The smallest absolute Gasteiger partial charge is 0.134 e. The molecule has 0 fully saturated rings. The molecule has 0 spiro atoms. The van der Waals surface area contributed by atoms with Crippen LogP contribution >= 0.6 is 27.3 Å². The number of benzene rings is 2. The van der Waals surface area contributed by atoms with Crippen molar-refractivity contribution >= 4 is 38.9 Å². The van der Waals surface area contributed by atoms with Gasteiger partial charge in [-0.2, -0.15) is 5.26 Å². The van der Waals surface area contributed by atoms with Gasteiger partial charge in [0.25, 0.3) is 0 Å². The normalized spacial score (nSPS) is 11.1. The summed E-state index contributed by atoms with van der Waals surface area (Å²) in [5.74, 6) is 0.759. The van der Waals surface area contributed by atoms with Crippen LogP contribution < -0.4 is 4.74 Å². The monoisotopic (exact) mass is 396 g/mol. The van der Waals surface area contributed by atoms with E-state index in [1.807, 2.05) is 60.0 Å². The van der Waals surface area contributed by atoms with E-state index in [9.17, 15) is 5.26 Å². The number of nitriles is 1. The second-order valence-corrected chi connectivity index (χ2v) is 6.77. The van der Waals surface area contributed by atoms with Crippen molar-refractivity contribution in [3.05, 3.63) is 69.0 Å². The highest BCUT2D eigenvalue weighted by molar-refractivity contribution is 9.10. The average molecular weight is 397 g/mol. The van der Waals surface area contributed by atoms with Gasteiger partial charge in [-0.05, 0) is 35.9 Å². The lowest BCUT2D eigenvalue weighted by Crippen LogP contribution is -1.85. The van der Waals surface area contributed by atoms with Crippen LogP contribution in [0.4, 0.5) is 0 Å².